The van der Waals surface area contributed by atoms with Crippen molar-refractivity contribution in [1.29, 1.82) is 0 Å². The van der Waals surface area contributed by atoms with Crippen molar-refractivity contribution in [2.24, 2.45) is 0 Å². The van der Waals surface area contributed by atoms with Crippen LogP contribution in [0.15, 0.2) is 18.2 Å². The van der Waals surface area contributed by atoms with Crippen molar-refractivity contribution in [2.75, 3.05) is 4.31 Å². The molecule has 1 aromatic carbocycles. The minimum absolute atomic E-state index is 0.0140. The number of rotatable bonds is 2. The number of halogens is 1. The van der Waals surface area contributed by atoms with Gasteiger partial charge in [0, 0.05) is 6.04 Å². The van der Waals surface area contributed by atoms with Gasteiger partial charge >= 0.3 is 6.03 Å². The molecule has 1 aliphatic carbocycles. The SMILES string of the molecule is O=C(NC1CCCCC1)N(S)c1ccc(O)c(Cl)c1. The molecule has 6 heteroatoms. The third kappa shape index (κ3) is 3.70. The number of benzene rings is 1. The molecule has 0 aromatic heterocycles. The van der Waals surface area contributed by atoms with Crippen LogP contribution >= 0.6 is 24.4 Å². The Hall–Kier alpha value is -1.07. The largest absolute Gasteiger partial charge is 0.506 e. The number of nitrogens with zero attached hydrogens (tertiary/aromatic N) is 1. The zero-order valence-corrected chi connectivity index (χ0v) is 12.1. The van der Waals surface area contributed by atoms with Crippen LogP contribution in [0.1, 0.15) is 32.1 Å². The number of anilines is 1. The molecule has 104 valence electrons. The molecule has 0 heterocycles. The maximum absolute atomic E-state index is 12.0. The number of phenols is 1. The Morgan fingerprint density at radius 2 is 2.05 bits per heavy atom. The summed E-state index contributed by atoms with van der Waals surface area (Å²) in [6, 6.07) is 4.49. The highest BCUT2D eigenvalue weighted by Crippen LogP contribution is 2.29. The molecule has 1 aromatic rings. The molecule has 1 fully saturated rings. The van der Waals surface area contributed by atoms with Gasteiger partial charge in [-0.25, -0.2) is 9.10 Å². The topological polar surface area (TPSA) is 52.6 Å². The van der Waals surface area contributed by atoms with E-state index in [9.17, 15) is 9.90 Å². The lowest BCUT2D eigenvalue weighted by molar-refractivity contribution is 0.242. The third-order valence-electron chi connectivity index (χ3n) is 3.30. The van der Waals surface area contributed by atoms with Gasteiger partial charge < -0.3 is 10.4 Å². The summed E-state index contributed by atoms with van der Waals surface area (Å²) in [6.07, 6.45) is 5.59. The fourth-order valence-electron chi connectivity index (χ4n) is 2.23. The normalized spacial score (nSPS) is 16.1. The standard InChI is InChI=1S/C13H17ClN2O2S/c14-11-8-10(6-7-12(11)17)16(19)13(18)15-9-4-2-1-3-5-9/h6-9,17,19H,1-5H2,(H,15,18). The van der Waals surface area contributed by atoms with Gasteiger partial charge in [0.25, 0.3) is 0 Å². The molecule has 2 amide bonds. The molecule has 0 spiro atoms. The van der Waals surface area contributed by atoms with Crippen molar-refractivity contribution in [3.05, 3.63) is 23.2 Å². The summed E-state index contributed by atoms with van der Waals surface area (Å²) in [5, 5.41) is 12.5. The number of phenolic OH excluding ortho intramolecular Hbond substituents is 1. The molecule has 1 saturated carbocycles. The first-order chi connectivity index (χ1) is 9.08. The third-order valence-corrected chi connectivity index (χ3v) is 4.02. The quantitative estimate of drug-likeness (QED) is 0.729. The van der Waals surface area contributed by atoms with E-state index in [1.807, 2.05) is 0 Å². The fourth-order valence-corrected chi connectivity index (χ4v) is 2.58. The van der Waals surface area contributed by atoms with Gasteiger partial charge in [-0.3, -0.25) is 0 Å². The van der Waals surface area contributed by atoms with Crippen molar-refractivity contribution in [3.8, 4) is 5.75 Å². The van der Waals surface area contributed by atoms with E-state index < -0.39 is 0 Å². The first-order valence-electron chi connectivity index (χ1n) is 6.36. The van der Waals surface area contributed by atoms with E-state index in [0.29, 0.717) is 5.69 Å². The molecule has 4 nitrogen and oxygen atoms in total. The van der Waals surface area contributed by atoms with Crippen LogP contribution in [0.5, 0.6) is 5.75 Å². The lowest BCUT2D eigenvalue weighted by atomic mass is 9.96. The second kappa shape index (κ2) is 6.39. The second-order valence-corrected chi connectivity index (χ2v) is 5.54. The minimum Gasteiger partial charge on any atom is -0.506 e. The van der Waals surface area contributed by atoms with Gasteiger partial charge in [0.15, 0.2) is 0 Å². The molecule has 2 rings (SSSR count). The summed E-state index contributed by atoms with van der Waals surface area (Å²) < 4.78 is 1.21. The zero-order chi connectivity index (χ0) is 13.8. The van der Waals surface area contributed by atoms with E-state index in [1.54, 1.807) is 6.07 Å². The number of hydrogen-bond donors (Lipinski definition) is 3. The van der Waals surface area contributed by atoms with Crippen molar-refractivity contribution in [3.63, 3.8) is 0 Å². The van der Waals surface area contributed by atoms with Gasteiger partial charge in [-0.2, -0.15) is 0 Å². The van der Waals surface area contributed by atoms with E-state index >= 15 is 0 Å². The molecule has 0 bridgehead atoms. The van der Waals surface area contributed by atoms with Crippen LogP contribution in [0, 0.1) is 0 Å². The van der Waals surface area contributed by atoms with Gasteiger partial charge in [-0.1, -0.05) is 43.7 Å². The molecular formula is C13H17ClN2O2S. The van der Waals surface area contributed by atoms with Crippen LogP contribution < -0.4 is 9.62 Å². The van der Waals surface area contributed by atoms with E-state index in [2.05, 4.69) is 18.1 Å². The minimum atomic E-state index is -0.267. The Balaban J connectivity index is 1.99. The first kappa shape index (κ1) is 14.3. The summed E-state index contributed by atoms with van der Waals surface area (Å²) in [5.74, 6) is -0.0140. The van der Waals surface area contributed by atoms with Crippen LogP contribution in [-0.4, -0.2) is 17.2 Å². The van der Waals surface area contributed by atoms with Crippen molar-refractivity contribution in [1.82, 2.24) is 5.32 Å². The van der Waals surface area contributed by atoms with Gasteiger partial charge in [-0.05, 0) is 31.0 Å². The number of carbonyl (C=O) groups excluding carboxylic acids is 1. The van der Waals surface area contributed by atoms with Gasteiger partial charge in [0.1, 0.15) is 5.75 Å². The van der Waals surface area contributed by atoms with E-state index in [1.165, 1.54) is 22.9 Å². The summed E-state index contributed by atoms with van der Waals surface area (Å²) in [7, 11) is 0. The number of amides is 2. The zero-order valence-electron chi connectivity index (χ0n) is 10.5. The highest BCUT2D eigenvalue weighted by atomic mass is 35.5. The monoisotopic (exact) mass is 300 g/mol. The summed E-state index contributed by atoms with van der Waals surface area (Å²) in [6.45, 7) is 0. The van der Waals surface area contributed by atoms with Crippen LogP contribution in [0.2, 0.25) is 5.02 Å². The Morgan fingerprint density at radius 3 is 2.68 bits per heavy atom. The van der Waals surface area contributed by atoms with Crippen molar-refractivity contribution in [2.45, 2.75) is 38.1 Å². The Morgan fingerprint density at radius 1 is 1.37 bits per heavy atom. The van der Waals surface area contributed by atoms with Crippen LogP contribution in [-0.2, 0) is 0 Å². The Bertz CT molecular complexity index is 464. The number of carbonyl (C=O) groups is 1. The Kier molecular flexibility index (Phi) is 4.82. The average Bonchev–Trinajstić information content (AvgIpc) is 2.42. The van der Waals surface area contributed by atoms with Gasteiger partial charge in [-0.15, -0.1) is 0 Å². The van der Waals surface area contributed by atoms with Crippen LogP contribution in [0.4, 0.5) is 10.5 Å². The summed E-state index contributed by atoms with van der Waals surface area (Å²) in [5.41, 5.74) is 0.527. The lowest BCUT2D eigenvalue weighted by Crippen LogP contribution is -2.42. The highest BCUT2D eigenvalue weighted by Gasteiger charge is 2.19. The smallest absolute Gasteiger partial charge is 0.332 e. The molecule has 0 atom stereocenters. The number of nitrogens with one attached hydrogen (secondary N) is 1. The average molecular weight is 301 g/mol. The van der Waals surface area contributed by atoms with Gasteiger partial charge in [0.05, 0.1) is 10.7 Å². The summed E-state index contributed by atoms with van der Waals surface area (Å²) >= 11 is 9.99. The molecule has 0 radical (unpaired) electrons. The number of hydrogen-bond acceptors (Lipinski definition) is 3. The van der Waals surface area contributed by atoms with E-state index in [0.717, 1.165) is 25.7 Å². The highest BCUT2D eigenvalue weighted by molar-refractivity contribution is 7.82. The van der Waals surface area contributed by atoms with Gasteiger partial charge in [0.2, 0.25) is 0 Å². The van der Waals surface area contributed by atoms with E-state index in [-0.39, 0.29) is 22.8 Å². The molecule has 0 saturated heterocycles. The maximum Gasteiger partial charge on any atom is 0.332 e. The number of thiol groups is 1. The molecular weight excluding hydrogens is 284 g/mol. The molecule has 0 unspecified atom stereocenters. The predicted molar refractivity (Wildman–Crippen MR) is 80.0 cm³/mol. The number of aromatic hydroxyl groups is 1. The molecule has 19 heavy (non-hydrogen) atoms. The Labute approximate surface area is 123 Å². The number of urea groups is 1. The first-order valence-corrected chi connectivity index (χ1v) is 7.14. The van der Waals surface area contributed by atoms with Crippen LogP contribution in [0.3, 0.4) is 0 Å². The lowest BCUT2D eigenvalue weighted by Gasteiger charge is -2.25. The van der Waals surface area contributed by atoms with Crippen molar-refractivity contribution >= 4 is 36.1 Å². The van der Waals surface area contributed by atoms with E-state index in [4.69, 9.17) is 11.6 Å². The maximum atomic E-state index is 12.0. The van der Waals surface area contributed by atoms with Crippen LogP contribution in [0.25, 0.3) is 0 Å². The van der Waals surface area contributed by atoms with Crippen molar-refractivity contribution < 1.29 is 9.90 Å². The summed E-state index contributed by atoms with van der Waals surface area (Å²) in [4.78, 5) is 12.0. The fraction of sp³-hybridized carbons (Fsp3) is 0.462. The molecule has 1 aliphatic rings. The molecule has 0 aliphatic heterocycles. The second-order valence-electron chi connectivity index (χ2n) is 4.73. The predicted octanol–water partition coefficient (Wildman–Crippen LogP) is 3.74. The molecule has 2 N–H and O–H groups in total.